The second-order valence-corrected chi connectivity index (χ2v) is 5.80. The standard InChI is InChI=1S/C18H18FN3/c1-14-6-8-15(9-7-14)18(2,11-22-13-20-12-21-22)16-4-3-5-17(19)10-16/h3-10,12-13H,11H2,1-2H3. The summed E-state index contributed by atoms with van der Waals surface area (Å²) >= 11 is 0. The summed E-state index contributed by atoms with van der Waals surface area (Å²) in [5, 5.41) is 4.20. The largest absolute Gasteiger partial charge is 0.252 e. The third-order valence-electron chi connectivity index (χ3n) is 4.10. The van der Waals surface area contributed by atoms with E-state index in [0.29, 0.717) is 6.54 Å². The van der Waals surface area contributed by atoms with Crippen LogP contribution in [0.25, 0.3) is 0 Å². The SMILES string of the molecule is Cc1ccc(C(C)(Cn2cncn2)c2cccc(F)c2)cc1. The summed E-state index contributed by atoms with van der Waals surface area (Å²) < 4.78 is 15.5. The van der Waals surface area contributed by atoms with Crippen molar-refractivity contribution in [1.82, 2.24) is 14.8 Å². The second-order valence-electron chi connectivity index (χ2n) is 5.80. The Morgan fingerprint density at radius 3 is 2.50 bits per heavy atom. The number of hydrogen-bond acceptors (Lipinski definition) is 2. The van der Waals surface area contributed by atoms with E-state index in [-0.39, 0.29) is 11.2 Å². The molecule has 0 N–H and O–H groups in total. The Hall–Kier alpha value is -2.49. The zero-order valence-corrected chi connectivity index (χ0v) is 12.7. The van der Waals surface area contributed by atoms with Crippen molar-refractivity contribution >= 4 is 0 Å². The van der Waals surface area contributed by atoms with Crippen LogP contribution in [0.2, 0.25) is 0 Å². The van der Waals surface area contributed by atoms with Crippen LogP contribution in [-0.2, 0) is 12.0 Å². The Labute approximate surface area is 129 Å². The fourth-order valence-electron chi connectivity index (χ4n) is 2.74. The summed E-state index contributed by atoms with van der Waals surface area (Å²) in [5.41, 5.74) is 2.86. The fraction of sp³-hybridized carbons (Fsp3) is 0.222. The molecule has 0 saturated carbocycles. The molecule has 3 aromatic rings. The number of aryl methyl sites for hydroxylation is 1. The van der Waals surface area contributed by atoms with Gasteiger partial charge in [0.1, 0.15) is 18.5 Å². The molecular weight excluding hydrogens is 277 g/mol. The normalized spacial score (nSPS) is 13.8. The topological polar surface area (TPSA) is 30.7 Å². The van der Waals surface area contributed by atoms with E-state index in [1.165, 1.54) is 18.0 Å². The minimum absolute atomic E-state index is 0.227. The molecule has 0 aliphatic rings. The molecular formula is C18H18FN3. The van der Waals surface area contributed by atoms with E-state index < -0.39 is 0 Å². The average Bonchev–Trinajstić information content (AvgIpc) is 3.00. The van der Waals surface area contributed by atoms with Crippen molar-refractivity contribution in [2.75, 3.05) is 0 Å². The Morgan fingerprint density at radius 1 is 1.09 bits per heavy atom. The van der Waals surface area contributed by atoms with Gasteiger partial charge >= 0.3 is 0 Å². The molecule has 4 heteroatoms. The van der Waals surface area contributed by atoms with Gasteiger partial charge in [0.2, 0.25) is 0 Å². The Bertz CT molecular complexity index is 750. The molecule has 1 aromatic heterocycles. The molecule has 1 heterocycles. The monoisotopic (exact) mass is 295 g/mol. The van der Waals surface area contributed by atoms with Crippen LogP contribution < -0.4 is 0 Å². The molecule has 0 aliphatic carbocycles. The van der Waals surface area contributed by atoms with E-state index in [1.54, 1.807) is 23.1 Å². The summed E-state index contributed by atoms with van der Waals surface area (Å²) in [6.07, 6.45) is 3.20. The van der Waals surface area contributed by atoms with Gasteiger partial charge in [-0.25, -0.2) is 9.37 Å². The molecule has 112 valence electrons. The summed E-state index contributed by atoms with van der Waals surface area (Å²) in [6.45, 7) is 4.76. The molecule has 0 spiro atoms. The summed E-state index contributed by atoms with van der Waals surface area (Å²) in [5.74, 6) is -0.227. The van der Waals surface area contributed by atoms with Crippen molar-refractivity contribution in [2.24, 2.45) is 0 Å². The van der Waals surface area contributed by atoms with E-state index >= 15 is 0 Å². The van der Waals surface area contributed by atoms with Gasteiger partial charge in [0.25, 0.3) is 0 Å². The van der Waals surface area contributed by atoms with Gasteiger partial charge in [-0.2, -0.15) is 5.10 Å². The number of benzene rings is 2. The molecule has 1 unspecified atom stereocenters. The molecule has 2 aromatic carbocycles. The van der Waals surface area contributed by atoms with Crippen LogP contribution in [0.15, 0.2) is 61.2 Å². The first-order valence-electron chi connectivity index (χ1n) is 7.23. The number of nitrogens with zero attached hydrogens (tertiary/aromatic N) is 3. The van der Waals surface area contributed by atoms with Gasteiger partial charge in [-0.3, -0.25) is 4.68 Å². The maximum atomic E-state index is 13.7. The third-order valence-corrected chi connectivity index (χ3v) is 4.10. The smallest absolute Gasteiger partial charge is 0.137 e. The van der Waals surface area contributed by atoms with Gasteiger partial charge in [-0.05, 0) is 37.1 Å². The summed E-state index contributed by atoms with van der Waals surface area (Å²) in [4.78, 5) is 4.00. The number of aromatic nitrogens is 3. The first kappa shape index (κ1) is 14.4. The molecule has 0 radical (unpaired) electrons. The molecule has 1 atom stereocenters. The van der Waals surface area contributed by atoms with Crippen LogP contribution in [0.4, 0.5) is 4.39 Å². The second kappa shape index (κ2) is 5.72. The summed E-state index contributed by atoms with van der Waals surface area (Å²) in [6, 6.07) is 15.1. The molecule has 3 nitrogen and oxygen atoms in total. The fourth-order valence-corrected chi connectivity index (χ4v) is 2.74. The van der Waals surface area contributed by atoms with Crippen LogP contribution in [0.5, 0.6) is 0 Å². The lowest BCUT2D eigenvalue weighted by Gasteiger charge is -2.31. The van der Waals surface area contributed by atoms with E-state index in [2.05, 4.69) is 48.2 Å². The lowest BCUT2D eigenvalue weighted by atomic mass is 9.76. The van der Waals surface area contributed by atoms with Crippen LogP contribution in [-0.4, -0.2) is 14.8 Å². The summed E-state index contributed by atoms with van der Waals surface area (Å²) in [7, 11) is 0. The average molecular weight is 295 g/mol. The highest BCUT2D eigenvalue weighted by Gasteiger charge is 2.30. The number of hydrogen-bond donors (Lipinski definition) is 0. The lowest BCUT2D eigenvalue weighted by Crippen LogP contribution is -2.30. The van der Waals surface area contributed by atoms with E-state index in [1.807, 2.05) is 6.07 Å². The molecule has 0 bridgehead atoms. The molecule has 0 amide bonds. The molecule has 0 aliphatic heterocycles. The Balaban J connectivity index is 2.10. The van der Waals surface area contributed by atoms with E-state index in [0.717, 1.165) is 11.1 Å². The maximum absolute atomic E-state index is 13.7. The van der Waals surface area contributed by atoms with E-state index in [9.17, 15) is 4.39 Å². The zero-order valence-electron chi connectivity index (χ0n) is 12.7. The van der Waals surface area contributed by atoms with Gasteiger partial charge in [0.15, 0.2) is 0 Å². The van der Waals surface area contributed by atoms with Crippen molar-refractivity contribution in [3.05, 3.63) is 83.7 Å². The van der Waals surface area contributed by atoms with E-state index in [4.69, 9.17) is 0 Å². The molecule has 22 heavy (non-hydrogen) atoms. The van der Waals surface area contributed by atoms with Crippen molar-refractivity contribution in [3.8, 4) is 0 Å². The van der Waals surface area contributed by atoms with Gasteiger partial charge in [-0.15, -0.1) is 0 Å². The molecule has 0 fully saturated rings. The lowest BCUT2D eigenvalue weighted by molar-refractivity contribution is 0.435. The Morgan fingerprint density at radius 2 is 1.86 bits per heavy atom. The van der Waals surface area contributed by atoms with Crippen molar-refractivity contribution in [1.29, 1.82) is 0 Å². The van der Waals surface area contributed by atoms with Gasteiger partial charge in [0.05, 0.1) is 6.54 Å². The van der Waals surface area contributed by atoms with Crippen molar-refractivity contribution in [2.45, 2.75) is 25.8 Å². The third kappa shape index (κ3) is 2.77. The minimum atomic E-state index is -0.385. The highest BCUT2D eigenvalue weighted by molar-refractivity contribution is 5.39. The molecule has 0 saturated heterocycles. The minimum Gasteiger partial charge on any atom is -0.252 e. The first-order valence-corrected chi connectivity index (χ1v) is 7.23. The predicted octanol–water partition coefficient (Wildman–Crippen LogP) is 3.73. The van der Waals surface area contributed by atoms with Crippen molar-refractivity contribution in [3.63, 3.8) is 0 Å². The number of halogens is 1. The van der Waals surface area contributed by atoms with Crippen molar-refractivity contribution < 1.29 is 4.39 Å². The highest BCUT2D eigenvalue weighted by Crippen LogP contribution is 2.34. The predicted molar refractivity (Wildman–Crippen MR) is 84.1 cm³/mol. The van der Waals surface area contributed by atoms with Crippen LogP contribution in [0, 0.1) is 12.7 Å². The number of rotatable bonds is 4. The quantitative estimate of drug-likeness (QED) is 0.734. The molecule has 3 rings (SSSR count). The van der Waals surface area contributed by atoms with Crippen LogP contribution in [0.3, 0.4) is 0 Å². The zero-order chi connectivity index (χ0) is 15.6. The maximum Gasteiger partial charge on any atom is 0.137 e. The Kier molecular flexibility index (Phi) is 3.75. The van der Waals surface area contributed by atoms with Crippen LogP contribution in [0.1, 0.15) is 23.6 Å². The van der Waals surface area contributed by atoms with Gasteiger partial charge in [0, 0.05) is 5.41 Å². The first-order chi connectivity index (χ1) is 10.6. The van der Waals surface area contributed by atoms with Crippen LogP contribution >= 0.6 is 0 Å². The highest BCUT2D eigenvalue weighted by atomic mass is 19.1. The van der Waals surface area contributed by atoms with Gasteiger partial charge in [-0.1, -0.05) is 42.0 Å². The van der Waals surface area contributed by atoms with Gasteiger partial charge < -0.3 is 0 Å².